The van der Waals surface area contributed by atoms with E-state index in [4.69, 9.17) is 26.2 Å². The van der Waals surface area contributed by atoms with E-state index in [-0.39, 0.29) is 11.3 Å². The van der Waals surface area contributed by atoms with Crippen LogP contribution in [0.25, 0.3) is 0 Å². The van der Waals surface area contributed by atoms with Gasteiger partial charge < -0.3 is 9.47 Å². The number of carbonyl (C=O) groups excluding carboxylic acids is 1. The molecule has 0 radical (unpaired) electrons. The van der Waals surface area contributed by atoms with E-state index in [1.54, 1.807) is 13.2 Å². The zero-order valence-electron chi connectivity index (χ0n) is 14.4. The van der Waals surface area contributed by atoms with Gasteiger partial charge in [-0.2, -0.15) is 5.10 Å². The molecule has 27 heavy (non-hydrogen) atoms. The minimum Gasteiger partial charge on any atom is -0.497 e. The van der Waals surface area contributed by atoms with E-state index in [0.717, 1.165) is 28.3 Å². The number of nitrogens with one attached hydrogen (secondary N) is 1. The largest absolute Gasteiger partial charge is 0.497 e. The quantitative estimate of drug-likeness (QED) is 0.824. The Morgan fingerprint density at radius 1 is 1.33 bits per heavy atom. The molecule has 1 amide bonds. The number of halogens is 1. The molecule has 1 spiro atoms. The average Bonchev–Trinajstić information content (AvgIpc) is 3.28. The van der Waals surface area contributed by atoms with Crippen LogP contribution >= 0.6 is 23.4 Å². The Morgan fingerprint density at radius 2 is 2.15 bits per heavy atom. The first-order chi connectivity index (χ1) is 13.1. The maximum absolute atomic E-state index is 12.0. The molecule has 0 saturated carbocycles. The van der Waals surface area contributed by atoms with E-state index in [2.05, 4.69) is 5.32 Å². The van der Waals surface area contributed by atoms with Crippen molar-refractivity contribution in [1.29, 1.82) is 0 Å². The fourth-order valence-corrected chi connectivity index (χ4v) is 4.72. The van der Waals surface area contributed by atoms with Crippen molar-refractivity contribution in [3.8, 4) is 11.5 Å². The van der Waals surface area contributed by atoms with Gasteiger partial charge in [-0.15, -0.1) is 0 Å². The molecular formula is C19H16ClN3O3S. The first-order valence-corrected chi connectivity index (χ1v) is 9.89. The zero-order chi connectivity index (χ0) is 18.6. The summed E-state index contributed by atoms with van der Waals surface area (Å²) in [5.41, 5.74) is 2.93. The summed E-state index contributed by atoms with van der Waals surface area (Å²) in [7, 11) is 1.64. The van der Waals surface area contributed by atoms with E-state index < -0.39 is 5.85 Å². The van der Waals surface area contributed by atoms with Gasteiger partial charge in [0.25, 0.3) is 11.1 Å². The molecule has 1 saturated heterocycles. The molecule has 138 valence electrons. The smallest absolute Gasteiger partial charge is 0.289 e. The van der Waals surface area contributed by atoms with Crippen molar-refractivity contribution >= 4 is 34.3 Å². The molecule has 6 nitrogen and oxygen atoms in total. The number of benzene rings is 2. The maximum Gasteiger partial charge on any atom is 0.289 e. The normalized spacial score (nSPS) is 25.6. The molecule has 8 heteroatoms. The maximum atomic E-state index is 12.0. The summed E-state index contributed by atoms with van der Waals surface area (Å²) in [6.45, 7) is 0. The van der Waals surface area contributed by atoms with Crippen LogP contribution in [0.2, 0.25) is 5.02 Å². The first kappa shape index (κ1) is 16.8. The molecule has 2 aromatic carbocycles. The molecule has 0 aromatic heterocycles. The third-order valence-electron chi connectivity index (χ3n) is 5.01. The number of fused-ring (bicyclic) bond motifs is 4. The van der Waals surface area contributed by atoms with E-state index >= 15 is 0 Å². The molecule has 1 fully saturated rings. The van der Waals surface area contributed by atoms with Gasteiger partial charge in [0.15, 0.2) is 0 Å². The summed E-state index contributed by atoms with van der Waals surface area (Å²) < 4.78 is 11.5. The van der Waals surface area contributed by atoms with Crippen LogP contribution in [0.4, 0.5) is 4.79 Å². The molecular weight excluding hydrogens is 386 g/mol. The van der Waals surface area contributed by atoms with Crippen LogP contribution < -0.4 is 14.8 Å². The molecule has 2 unspecified atom stereocenters. The monoisotopic (exact) mass is 401 g/mol. The molecule has 3 aliphatic heterocycles. The van der Waals surface area contributed by atoms with Crippen LogP contribution in [0.3, 0.4) is 0 Å². The highest BCUT2D eigenvalue weighted by Crippen LogP contribution is 2.49. The lowest BCUT2D eigenvalue weighted by molar-refractivity contribution is -0.111. The fraction of sp³-hybridized carbons (Fsp3) is 0.263. The second-order valence-electron chi connectivity index (χ2n) is 6.61. The third-order valence-corrected chi connectivity index (χ3v) is 6.14. The Hall–Kier alpha value is -2.38. The predicted molar refractivity (Wildman–Crippen MR) is 105 cm³/mol. The van der Waals surface area contributed by atoms with Crippen LogP contribution in [0.15, 0.2) is 47.6 Å². The first-order valence-electron chi connectivity index (χ1n) is 8.53. The van der Waals surface area contributed by atoms with Crippen LogP contribution in [0.5, 0.6) is 11.5 Å². The zero-order valence-corrected chi connectivity index (χ0v) is 16.0. The van der Waals surface area contributed by atoms with Gasteiger partial charge in [0.1, 0.15) is 11.5 Å². The van der Waals surface area contributed by atoms with Gasteiger partial charge in [0.05, 0.1) is 24.6 Å². The molecule has 2 aromatic rings. The van der Waals surface area contributed by atoms with Crippen LogP contribution in [-0.2, 0) is 0 Å². The van der Waals surface area contributed by atoms with E-state index in [1.165, 1.54) is 11.8 Å². The standard InChI is InChI=1S/C19H16ClN3O3S/c1-25-13-5-2-11(3-6-13)15-9-16-14-8-12(20)4-7-17(14)26-19(23(16)22-15)10-27-18(24)21-19/h2-8,16H,9-10H2,1H3,(H,21,24). The Morgan fingerprint density at radius 3 is 2.85 bits per heavy atom. The summed E-state index contributed by atoms with van der Waals surface area (Å²) in [6, 6.07) is 13.3. The molecule has 2 atom stereocenters. The lowest BCUT2D eigenvalue weighted by atomic mass is 9.96. The van der Waals surface area contributed by atoms with Gasteiger partial charge in [-0.1, -0.05) is 23.4 Å². The van der Waals surface area contributed by atoms with Crippen LogP contribution in [0, 0.1) is 0 Å². The summed E-state index contributed by atoms with van der Waals surface area (Å²) in [4.78, 5) is 12.0. The van der Waals surface area contributed by atoms with Crippen molar-refractivity contribution in [3.05, 3.63) is 58.6 Å². The highest BCUT2D eigenvalue weighted by Gasteiger charge is 2.55. The van der Waals surface area contributed by atoms with Gasteiger partial charge in [-0.25, -0.2) is 5.01 Å². The predicted octanol–water partition coefficient (Wildman–Crippen LogP) is 4.00. The van der Waals surface area contributed by atoms with Gasteiger partial charge in [-0.05, 0) is 48.0 Å². The Kier molecular flexibility index (Phi) is 3.77. The number of ether oxygens (including phenoxy) is 2. The number of hydrazone groups is 1. The minimum atomic E-state index is -0.971. The number of rotatable bonds is 2. The summed E-state index contributed by atoms with van der Waals surface area (Å²) >= 11 is 7.43. The number of thioether (sulfide) groups is 1. The Labute approximate surface area is 165 Å². The summed E-state index contributed by atoms with van der Waals surface area (Å²) in [5, 5.41) is 10.2. The fourth-order valence-electron chi connectivity index (χ4n) is 3.72. The second-order valence-corrected chi connectivity index (χ2v) is 7.99. The number of hydrogen-bond acceptors (Lipinski definition) is 6. The highest BCUT2D eigenvalue weighted by atomic mass is 35.5. The Bertz CT molecular complexity index is 965. The van der Waals surface area contributed by atoms with E-state index in [1.807, 2.05) is 41.4 Å². The van der Waals surface area contributed by atoms with Crippen molar-refractivity contribution in [3.63, 3.8) is 0 Å². The molecule has 5 rings (SSSR count). The lowest BCUT2D eigenvalue weighted by Crippen LogP contribution is -2.62. The number of hydrogen-bond donors (Lipinski definition) is 1. The van der Waals surface area contributed by atoms with Crippen molar-refractivity contribution in [2.45, 2.75) is 18.3 Å². The van der Waals surface area contributed by atoms with E-state index in [0.29, 0.717) is 17.2 Å². The minimum absolute atomic E-state index is 0.0523. The van der Waals surface area contributed by atoms with Crippen LogP contribution in [0.1, 0.15) is 23.6 Å². The van der Waals surface area contributed by atoms with Gasteiger partial charge in [-0.3, -0.25) is 10.1 Å². The third kappa shape index (κ3) is 2.64. The van der Waals surface area contributed by atoms with Crippen molar-refractivity contribution < 1.29 is 14.3 Å². The van der Waals surface area contributed by atoms with Crippen LogP contribution in [-0.4, -0.2) is 34.7 Å². The summed E-state index contributed by atoms with van der Waals surface area (Å²) in [5.74, 6) is 1.02. The average molecular weight is 402 g/mol. The second kappa shape index (κ2) is 6.07. The Balaban J connectivity index is 1.58. The van der Waals surface area contributed by atoms with Crippen molar-refractivity contribution in [1.82, 2.24) is 10.3 Å². The number of carbonyl (C=O) groups is 1. The lowest BCUT2D eigenvalue weighted by Gasteiger charge is -2.44. The molecule has 3 heterocycles. The molecule has 1 N–H and O–H groups in total. The molecule has 0 bridgehead atoms. The van der Waals surface area contributed by atoms with Gasteiger partial charge >= 0.3 is 0 Å². The van der Waals surface area contributed by atoms with Gasteiger partial charge in [0.2, 0.25) is 0 Å². The topological polar surface area (TPSA) is 63.2 Å². The number of methoxy groups -OCH3 is 1. The SMILES string of the molecule is COc1ccc(C2=NN3C(C2)c2cc(Cl)ccc2OC32CSC(=O)N2)cc1. The summed E-state index contributed by atoms with van der Waals surface area (Å²) in [6.07, 6.45) is 0.700. The number of amides is 1. The molecule has 3 aliphatic rings. The van der Waals surface area contributed by atoms with Gasteiger partial charge in [0, 0.05) is 17.0 Å². The molecule has 0 aliphatic carbocycles. The highest BCUT2D eigenvalue weighted by molar-refractivity contribution is 8.14. The van der Waals surface area contributed by atoms with E-state index in [9.17, 15) is 4.79 Å². The number of nitrogens with zero attached hydrogens (tertiary/aromatic N) is 2. The van der Waals surface area contributed by atoms with Crippen molar-refractivity contribution in [2.24, 2.45) is 5.10 Å². The van der Waals surface area contributed by atoms with Crippen molar-refractivity contribution in [2.75, 3.05) is 12.9 Å².